The molecule has 0 radical (unpaired) electrons. The Kier molecular flexibility index (Phi) is 1.79. The Balaban J connectivity index is 2.35. The molecular formula is C7H7N3OS. The highest BCUT2D eigenvalue weighted by Gasteiger charge is 2.04. The van der Waals surface area contributed by atoms with E-state index in [9.17, 15) is 0 Å². The molecule has 5 heteroatoms. The molecular weight excluding hydrogens is 174 g/mol. The molecule has 2 heterocycles. The van der Waals surface area contributed by atoms with E-state index in [0.717, 1.165) is 10.6 Å². The lowest BCUT2D eigenvalue weighted by molar-refractivity contribution is 0.401. The quantitative estimate of drug-likeness (QED) is 0.764. The van der Waals surface area contributed by atoms with Crippen molar-refractivity contribution in [2.45, 2.75) is 0 Å². The van der Waals surface area contributed by atoms with Gasteiger partial charge in [0.25, 0.3) is 0 Å². The second-order valence-electron chi connectivity index (χ2n) is 2.18. The topological polar surface area (TPSA) is 50.8 Å². The van der Waals surface area contributed by atoms with E-state index in [0.29, 0.717) is 5.88 Å². The average Bonchev–Trinajstić information content (AvgIpc) is 2.75. The van der Waals surface area contributed by atoms with Crippen LogP contribution in [0.4, 0.5) is 0 Å². The second kappa shape index (κ2) is 2.94. The number of aromatic nitrogens is 3. The number of rotatable bonds is 2. The summed E-state index contributed by atoms with van der Waals surface area (Å²) < 4.78 is 4.96. The number of H-pyrrole nitrogens is 1. The highest BCUT2D eigenvalue weighted by atomic mass is 32.1. The van der Waals surface area contributed by atoms with Gasteiger partial charge in [-0.1, -0.05) is 0 Å². The van der Waals surface area contributed by atoms with Gasteiger partial charge in [-0.05, 0) is 0 Å². The van der Waals surface area contributed by atoms with E-state index in [-0.39, 0.29) is 0 Å². The largest absolute Gasteiger partial charge is 0.480 e. The number of hydrogen-bond acceptors (Lipinski definition) is 4. The molecule has 0 saturated carbocycles. The molecule has 12 heavy (non-hydrogen) atoms. The Hall–Kier alpha value is -1.36. The third kappa shape index (κ3) is 1.18. The van der Waals surface area contributed by atoms with Crippen molar-refractivity contribution >= 4 is 11.3 Å². The van der Waals surface area contributed by atoms with Crippen molar-refractivity contribution < 1.29 is 4.74 Å². The number of nitrogens with zero attached hydrogens (tertiary/aromatic N) is 2. The summed E-state index contributed by atoms with van der Waals surface area (Å²) in [6.45, 7) is 0. The van der Waals surface area contributed by atoms with Crippen LogP contribution in [0.25, 0.3) is 10.6 Å². The van der Waals surface area contributed by atoms with Gasteiger partial charge in [0.2, 0.25) is 5.88 Å². The minimum Gasteiger partial charge on any atom is -0.480 e. The van der Waals surface area contributed by atoms with Crippen LogP contribution < -0.4 is 4.74 Å². The Morgan fingerprint density at radius 2 is 2.50 bits per heavy atom. The first-order chi connectivity index (χ1) is 5.90. The number of thiazole rings is 1. The smallest absolute Gasteiger partial charge is 0.224 e. The maximum atomic E-state index is 4.96. The van der Waals surface area contributed by atoms with E-state index in [2.05, 4.69) is 15.2 Å². The molecule has 0 aliphatic carbocycles. The fourth-order valence-corrected chi connectivity index (χ4v) is 1.60. The normalized spacial score (nSPS) is 10.1. The van der Waals surface area contributed by atoms with Gasteiger partial charge < -0.3 is 4.74 Å². The van der Waals surface area contributed by atoms with Crippen molar-refractivity contribution in [3.8, 4) is 16.5 Å². The van der Waals surface area contributed by atoms with E-state index >= 15 is 0 Å². The summed E-state index contributed by atoms with van der Waals surface area (Å²) in [5, 5.41) is 9.35. The number of methoxy groups -OCH3 is 1. The SMILES string of the molecule is COc1csc(-c2cn[nH]c2)n1. The summed E-state index contributed by atoms with van der Waals surface area (Å²) in [5.41, 5.74) is 0.989. The molecule has 0 saturated heterocycles. The monoisotopic (exact) mass is 181 g/mol. The molecule has 0 atom stereocenters. The van der Waals surface area contributed by atoms with Gasteiger partial charge in [0, 0.05) is 11.8 Å². The maximum absolute atomic E-state index is 4.96. The molecule has 0 bridgehead atoms. The Morgan fingerprint density at radius 1 is 1.58 bits per heavy atom. The Bertz CT molecular complexity index is 354. The predicted octanol–water partition coefficient (Wildman–Crippen LogP) is 1.54. The lowest BCUT2D eigenvalue weighted by Gasteiger charge is -1.88. The van der Waals surface area contributed by atoms with E-state index in [4.69, 9.17) is 4.74 Å². The van der Waals surface area contributed by atoms with Crippen LogP contribution in [0, 0.1) is 0 Å². The highest BCUT2D eigenvalue weighted by Crippen LogP contribution is 2.25. The first kappa shape index (κ1) is 7.30. The van der Waals surface area contributed by atoms with E-state index in [1.165, 1.54) is 11.3 Å². The molecule has 0 amide bonds. The lowest BCUT2D eigenvalue weighted by atomic mass is 10.4. The molecule has 2 aromatic rings. The van der Waals surface area contributed by atoms with Gasteiger partial charge in [-0.2, -0.15) is 5.10 Å². The molecule has 2 aromatic heterocycles. The Morgan fingerprint density at radius 3 is 3.08 bits per heavy atom. The number of nitrogens with one attached hydrogen (secondary N) is 1. The molecule has 0 aromatic carbocycles. The minimum atomic E-state index is 0.649. The minimum absolute atomic E-state index is 0.649. The van der Waals surface area contributed by atoms with Gasteiger partial charge in [-0.15, -0.1) is 11.3 Å². The van der Waals surface area contributed by atoms with Crippen LogP contribution in [0.2, 0.25) is 0 Å². The van der Waals surface area contributed by atoms with Crippen LogP contribution in [0.1, 0.15) is 0 Å². The summed E-state index contributed by atoms with van der Waals surface area (Å²) in [6.07, 6.45) is 3.54. The third-order valence-corrected chi connectivity index (χ3v) is 2.31. The molecule has 62 valence electrons. The zero-order chi connectivity index (χ0) is 8.39. The summed E-state index contributed by atoms with van der Waals surface area (Å²) in [4.78, 5) is 4.21. The van der Waals surface area contributed by atoms with Crippen molar-refractivity contribution in [2.75, 3.05) is 7.11 Å². The number of hydrogen-bond donors (Lipinski definition) is 1. The van der Waals surface area contributed by atoms with Crippen LogP contribution in [0.5, 0.6) is 5.88 Å². The average molecular weight is 181 g/mol. The lowest BCUT2D eigenvalue weighted by Crippen LogP contribution is -1.80. The van der Waals surface area contributed by atoms with Gasteiger partial charge >= 0.3 is 0 Å². The van der Waals surface area contributed by atoms with Crippen LogP contribution in [-0.2, 0) is 0 Å². The van der Waals surface area contributed by atoms with Gasteiger partial charge in [0.15, 0.2) is 0 Å². The third-order valence-electron chi connectivity index (χ3n) is 1.44. The van der Waals surface area contributed by atoms with Crippen LogP contribution in [0.3, 0.4) is 0 Å². The Labute approximate surface area is 73.2 Å². The molecule has 0 fully saturated rings. The number of aromatic amines is 1. The molecule has 0 aliphatic rings. The molecule has 0 unspecified atom stereocenters. The molecule has 1 N–H and O–H groups in total. The standard InChI is InChI=1S/C7H7N3OS/c1-11-6-4-12-7(10-6)5-2-8-9-3-5/h2-4H,1H3,(H,8,9). The summed E-state index contributed by atoms with van der Waals surface area (Å²) >= 11 is 1.54. The first-order valence-corrected chi connectivity index (χ1v) is 4.27. The number of ether oxygens (including phenoxy) is 1. The second-order valence-corrected chi connectivity index (χ2v) is 3.04. The molecule has 2 rings (SSSR count). The fourth-order valence-electron chi connectivity index (χ4n) is 0.853. The maximum Gasteiger partial charge on any atom is 0.224 e. The zero-order valence-corrected chi connectivity index (χ0v) is 7.26. The summed E-state index contributed by atoms with van der Waals surface area (Å²) in [6, 6.07) is 0. The van der Waals surface area contributed by atoms with Gasteiger partial charge in [0.05, 0.1) is 18.7 Å². The van der Waals surface area contributed by atoms with E-state index < -0.39 is 0 Å². The molecule has 0 aliphatic heterocycles. The first-order valence-electron chi connectivity index (χ1n) is 3.39. The summed E-state index contributed by atoms with van der Waals surface area (Å²) in [5.74, 6) is 0.649. The summed E-state index contributed by atoms with van der Waals surface area (Å²) in [7, 11) is 1.61. The predicted molar refractivity (Wildman–Crippen MR) is 46.2 cm³/mol. The van der Waals surface area contributed by atoms with Crippen molar-refractivity contribution in [3.63, 3.8) is 0 Å². The molecule has 0 spiro atoms. The highest BCUT2D eigenvalue weighted by molar-refractivity contribution is 7.13. The van der Waals surface area contributed by atoms with Crippen molar-refractivity contribution in [1.29, 1.82) is 0 Å². The molecule has 4 nitrogen and oxygen atoms in total. The van der Waals surface area contributed by atoms with Crippen LogP contribution in [-0.4, -0.2) is 22.3 Å². The van der Waals surface area contributed by atoms with Crippen molar-refractivity contribution in [1.82, 2.24) is 15.2 Å². The fraction of sp³-hybridized carbons (Fsp3) is 0.143. The van der Waals surface area contributed by atoms with E-state index in [1.54, 1.807) is 19.5 Å². The zero-order valence-electron chi connectivity index (χ0n) is 6.44. The van der Waals surface area contributed by atoms with Crippen molar-refractivity contribution in [2.24, 2.45) is 0 Å². The van der Waals surface area contributed by atoms with Gasteiger partial charge in [0.1, 0.15) is 5.01 Å². The van der Waals surface area contributed by atoms with Crippen molar-refractivity contribution in [3.05, 3.63) is 17.8 Å². The van der Waals surface area contributed by atoms with Crippen LogP contribution in [0.15, 0.2) is 17.8 Å². The van der Waals surface area contributed by atoms with Crippen LogP contribution >= 0.6 is 11.3 Å². The van der Waals surface area contributed by atoms with Gasteiger partial charge in [-0.3, -0.25) is 5.10 Å². The van der Waals surface area contributed by atoms with E-state index in [1.807, 2.05) is 5.38 Å². The van der Waals surface area contributed by atoms with Gasteiger partial charge in [-0.25, -0.2) is 4.98 Å².